The van der Waals surface area contributed by atoms with Crippen LogP contribution in [0.15, 0.2) is 41.3 Å². The van der Waals surface area contributed by atoms with E-state index in [0.717, 1.165) is 4.31 Å². The summed E-state index contributed by atoms with van der Waals surface area (Å²) >= 11 is 6.15. The van der Waals surface area contributed by atoms with Gasteiger partial charge in [-0.25, -0.2) is 12.7 Å². The molecule has 0 fully saturated rings. The number of halogens is 1. The Morgan fingerprint density at radius 2 is 1.96 bits per heavy atom. The molecule has 0 aliphatic carbocycles. The Labute approximate surface area is 152 Å². The highest BCUT2D eigenvalue weighted by Crippen LogP contribution is 2.36. The van der Waals surface area contributed by atoms with Gasteiger partial charge in [0.2, 0.25) is 10.0 Å². The third kappa shape index (κ3) is 4.23. The quantitative estimate of drug-likeness (QED) is 0.769. The lowest BCUT2D eigenvalue weighted by atomic mass is 10.2. The molecule has 8 heteroatoms. The molecule has 0 aliphatic heterocycles. The van der Waals surface area contributed by atoms with E-state index in [1.807, 2.05) is 6.07 Å². The number of benzene rings is 2. The van der Waals surface area contributed by atoms with Crippen LogP contribution in [0.2, 0.25) is 5.02 Å². The number of sulfonamides is 1. The fourth-order valence-corrected chi connectivity index (χ4v) is 3.32. The van der Waals surface area contributed by atoms with E-state index >= 15 is 0 Å². The first-order chi connectivity index (χ1) is 11.8. The van der Waals surface area contributed by atoms with Crippen LogP contribution < -0.4 is 9.47 Å². The minimum absolute atomic E-state index is 0.0960. The van der Waals surface area contributed by atoms with E-state index < -0.39 is 10.0 Å². The van der Waals surface area contributed by atoms with Gasteiger partial charge in [-0.2, -0.15) is 5.26 Å². The second-order valence-electron chi connectivity index (χ2n) is 5.32. The van der Waals surface area contributed by atoms with Crippen LogP contribution in [0.25, 0.3) is 0 Å². The van der Waals surface area contributed by atoms with Gasteiger partial charge in [-0.15, -0.1) is 0 Å². The number of ether oxygens (including phenoxy) is 2. The molecular formula is C17H17ClN2O4S. The number of rotatable bonds is 6. The van der Waals surface area contributed by atoms with Crippen LogP contribution in [0, 0.1) is 11.3 Å². The molecule has 0 unspecified atom stereocenters. The molecule has 2 aromatic carbocycles. The fourth-order valence-electron chi connectivity index (χ4n) is 2.09. The van der Waals surface area contributed by atoms with Crippen molar-refractivity contribution in [3.8, 4) is 17.6 Å². The molecule has 132 valence electrons. The number of nitrogens with zero attached hydrogens (tertiary/aromatic N) is 2. The Morgan fingerprint density at radius 3 is 2.56 bits per heavy atom. The van der Waals surface area contributed by atoms with Gasteiger partial charge < -0.3 is 9.47 Å². The lowest BCUT2D eigenvalue weighted by molar-refractivity contribution is 0.284. The number of hydrogen-bond donors (Lipinski definition) is 0. The van der Waals surface area contributed by atoms with Crippen LogP contribution in [0.5, 0.6) is 11.5 Å². The summed E-state index contributed by atoms with van der Waals surface area (Å²) in [5.41, 5.74) is 1.01. The average Bonchev–Trinajstić information content (AvgIpc) is 2.60. The van der Waals surface area contributed by atoms with E-state index in [4.69, 9.17) is 26.3 Å². The molecule has 0 amide bonds. The molecule has 0 saturated heterocycles. The van der Waals surface area contributed by atoms with Crippen LogP contribution in [0.4, 0.5) is 0 Å². The number of hydrogen-bond acceptors (Lipinski definition) is 5. The molecule has 6 nitrogen and oxygen atoms in total. The second kappa shape index (κ2) is 7.74. The molecule has 0 radical (unpaired) electrons. The molecule has 0 aromatic heterocycles. The Balaban J connectivity index is 2.28. The summed E-state index contributed by atoms with van der Waals surface area (Å²) in [6.07, 6.45) is 0. The zero-order valence-electron chi connectivity index (χ0n) is 14.0. The Morgan fingerprint density at radius 1 is 1.24 bits per heavy atom. The number of nitriles is 1. The maximum Gasteiger partial charge on any atom is 0.242 e. The smallest absolute Gasteiger partial charge is 0.242 e. The second-order valence-corrected chi connectivity index (χ2v) is 7.88. The van der Waals surface area contributed by atoms with Crippen molar-refractivity contribution in [1.29, 1.82) is 5.26 Å². The van der Waals surface area contributed by atoms with E-state index in [2.05, 4.69) is 0 Å². The largest absolute Gasteiger partial charge is 0.493 e. The van der Waals surface area contributed by atoms with Gasteiger partial charge in [0, 0.05) is 20.2 Å². The van der Waals surface area contributed by atoms with Crippen LogP contribution in [0.3, 0.4) is 0 Å². The minimum Gasteiger partial charge on any atom is -0.493 e. The van der Waals surface area contributed by atoms with Crippen molar-refractivity contribution in [2.75, 3.05) is 21.2 Å². The molecule has 0 spiro atoms. The topological polar surface area (TPSA) is 79.6 Å². The molecule has 0 atom stereocenters. The Hall–Kier alpha value is -2.27. The van der Waals surface area contributed by atoms with Crippen LogP contribution >= 0.6 is 11.6 Å². The van der Waals surface area contributed by atoms with Crippen molar-refractivity contribution in [1.82, 2.24) is 4.31 Å². The summed E-state index contributed by atoms with van der Waals surface area (Å²) in [4.78, 5) is 0.177. The maximum absolute atomic E-state index is 12.2. The van der Waals surface area contributed by atoms with Gasteiger partial charge >= 0.3 is 0 Å². The first-order valence-corrected chi connectivity index (χ1v) is 9.03. The molecule has 2 aromatic rings. The molecule has 0 saturated carbocycles. The molecule has 0 heterocycles. The summed E-state index contributed by atoms with van der Waals surface area (Å²) in [7, 11) is 0.871. The van der Waals surface area contributed by atoms with Crippen molar-refractivity contribution in [3.05, 3.63) is 52.5 Å². The van der Waals surface area contributed by atoms with Crippen molar-refractivity contribution < 1.29 is 17.9 Å². The molecule has 25 heavy (non-hydrogen) atoms. The lowest BCUT2D eigenvalue weighted by Crippen LogP contribution is -2.22. The van der Waals surface area contributed by atoms with E-state index in [1.165, 1.54) is 39.4 Å². The monoisotopic (exact) mass is 380 g/mol. The van der Waals surface area contributed by atoms with Crippen LogP contribution in [-0.2, 0) is 16.6 Å². The summed E-state index contributed by atoms with van der Waals surface area (Å²) in [6, 6.07) is 11.4. The zero-order valence-corrected chi connectivity index (χ0v) is 15.6. The van der Waals surface area contributed by atoms with E-state index in [1.54, 1.807) is 18.2 Å². The summed E-state index contributed by atoms with van der Waals surface area (Å²) in [6.45, 7) is 0.0960. The van der Waals surface area contributed by atoms with Crippen molar-refractivity contribution in [2.45, 2.75) is 11.5 Å². The van der Waals surface area contributed by atoms with Gasteiger partial charge in [-0.3, -0.25) is 0 Å². The number of methoxy groups -OCH3 is 1. The highest BCUT2D eigenvalue weighted by atomic mass is 35.5. The van der Waals surface area contributed by atoms with Gasteiger partial charge in [-0.05, 0) is 23.8 Å². The lowest BCUT2D eigenvalue weighted by Gasteiger charge is -2.14. The van der Waals surface area contributed by atoms with Gasteiger partial charge in [0.15, 0.2) is 11.5 Å². The molecule has 0 N–H and O–H groups in total. The zero-order chi connectivity index (χ0) is 18.6. The Bertz CT molecular complexity index is 921. The summed E-state index contributed by atoms with van der Waals surface area (Å²) in [5, 5.41) is 9.21. The van der Waals surface area contributed by atoms with Gasteiger partial charge in [0.1, 0.15) is 6.61 Å². The highest BCUT2D eigenvalue weighted by Gasteiger charge is 2.18. The van der Waals surface area contributed by atoms with E-state index in [9.17, 15) is 8.42 Å². The third-order valence-corrected chi connectivity index (χ3v) is 5.51. The first kappa shape index (κ1) is 19.1. The standard InChI is InChI=1S/C17H17ClN2O4S/c1-20(2)25(21,22)14-6-4-5-12(7-14)11-24-17-15(18)8-13(10-19)9-16(17)23-3/h4-9H,11H2,1-3H3. The third-order valence-electron chi connectivity index (χ3n) is 3.42. The summed E-state index contributed by atoms with van der Waals surface area (Å²) in [5.74, 6) is 0.630. The van der Waals surface area contributed by atoms with E-state index in [0.29, 0.717) is 22.6 Å². The molecular weight excluding hydrogens is 364 g/mol. The van der Waals surface area contributed by atoms with Crippen LogP contribution in [-0.4, -0.2) is 33.9 Å². The summed E-state index contributed by atoms with van der Waals surface area (Å²) < 4.78 is 36.4. The van der Waals surface area contributed by atoms with Gasteiger partial charge in [0.25, 0.3) is 0 Å². The molecule has 0 aliphatic rings. The highest BCUT2D eigenvalue weighted by molar-refractivity contribution is 7.89. The van der Waals surface area contributed by atoms with Crippen LogP contribution in [0.1, 0.15) is 11.1 Å². The van der Waals surface area contributed by atoms with Crippen molar-refractivity contribution >= 4 is 21.6 Å². The fraction of sp³-hybridized carbons (Fsp3) is 0.235. The van der Waals surface area contributed by atoms with E-state index in [-0.39, 0.29) is 16.5 Å². The predicted molar refractivity (Wildman–Crippen MR) is 94.4 cm³/mol. The maximum atomic E-state index is 12.2. The van der Waals surface area contributed by atoms with Gasteiger partial charge in [-0.1, -0.05) is 23.7 Å². The first-order valence-electron chi connectivity index (χ1n) is 7.21. The predicted octanol–water partition coefficient (Wildman–Crippen LogP) is 3.05. The average molecular weight is 381 g/mol. The SMILES string of the molecule is COc1cc(C#N)cc(Cl)c1OCc1cccc(S(=O)(=O)N(C)C)c1. The minimum atomic E-state index is -3.52. The molecule has 0 bridgehead atoms. The van der Waals surface area contributed by atoms with Gasteiger partial charge in [0.05, 0.1) is 28.7 Å². The van der Waals surface area contributed by atoms with Crippen molar-refractivity contribution in [3.63, 3.8) is 0 Å². The normalized spacial score (nSPS) is 11.2. The van der Waals surface area contributed by atoms with Crippen molar-refractivity contribution in [2.24, 2.45) is 0 Å². The Kier molecular flexibility index (Phi) is 5.90. The molecule has 2 rings (SSSR count).